The predicted octanol–water partition coefficient (Wildman–Crippen LogP) is 0.961. The van der Waals surface area contributed by atoms with Gasteiger partial charge in [0.25, 0.3) is 0 Å². The maximum atomic E-state index is 12.6. The second kappa shape index (κ2) is 8.22. The molecule has 1 unspecified atom stereocenters. The number of methoxy groups -OCH3 is 2. The Balaban J connectivity index is 3.28. The zero-order valence-electron chi connectivity index (χ0n) is 14.0. The number of rotatable bonds is 8. The van der Waals surface area contributed by atoms with Crippen LogP contribution < -0.4 is 0 Å². The SMILES string of the molecule is COCc1cc(C(=O)OC)cc(S(=O)(=O)N(C)CC(C)C(=O)O)c1. The summed E-state index contributed by atoms with van der Waals surface area (Å²) in [6.07, 6.45) is 0. The molecular formula is C15H21NO7S. The highest BCUT2D eigenvalue weighted by atomic mass is 32.2. The number of hydrogen-bond donors (Lipinski definition) is 1. The lowest BCUT2D eigenvalue weighted by atomic mass is 10.1. The number of aliphatic carboxylic acids is 1. The molecule has 24 heavy (non-hydrogen) atoms. The topological polar surface area (TPSA) is 110 Å². The second-order valence-corrected chi connectivity index (χ2v) is 7.36. The lowest BCUT2D eigenvalue weighted by Crippen LogP contribution is -2.33. The van der Waals surface area contributed by atoms with E-state index in [9.17, 15) is 18.0 Å². The lowest BCUT2D eigenvalue weighted by molar-refractivity contribution is -0.141. The van der Waals surface area contributed by atoms with Crippen molar-refractivity contribution >= 4 is 22.0 Å². The van der Waals surface area contributed by atoms with Gasteiger partial charge in [0, 0.05) is 20.7 Å². The Morgan fingerprint density at radius 1 is 1.25 bits per heavy atom. The van der Waals surface area contributed by atoms with Gasteiger partial charge in [0.2, 0.25) is 10.0 Å². The monoisotopic (exact) mass is 359 g/mol. The Morgan fingerprint density at radius 3 is 2.38 bits per heavy atom. The minimum atomic E-state index is -3.97. The first-order valence-electron chi connectivity index (χ1n) is 7.03. The van der Waals surface area contributed by atoms with Gasteiger partial charge in [-0.1, -0.05) is 6.92 Å². The van der Waals surface area contributed by atoms with E-state index in [0.29, 0.717) is 5.56 Å². The van der Waals surface area contributed by atoms with Crippen molar-refractivity contribution in [3.63, 3.8) is 0 Å². The van der Waals surface area contributed by atoms with Crippen LogP contribution in [0, 0.1) is 5.92 Å². The normalized spacial score (nSPS) is 12.9. The third-order valence-electron chi connectivity index (χ3n) is 3.36. The summed E-state index contributed by atoms with van der Waals surface area (Å²) in [5.74, 6) is -2.64. The maximum Gasteiger partial charge on any atom is 0.337 e. The fourth-order valence-electron chi connectivity index (χ4n) is 2.04. The number of benzene rings is 1. The van der Waals surface area contributed by atoms with Crippen LogP contribution in [0.2, 0.25) is 0 Å². The zero-order valence-corrected chi connectivity index (χ0v) is 14.8. The van der Waals surface area contributed by atoms with Crippen LogP contribution in [-0.4, -0.2) is 57.6 Å². The summed E-state index contributed by atoms with van der Waals surface area (Å²) in [5.41, 5.74) is 0.559. The first-order valence-corrected chi connectivity index (χ1v) is 8.47. The third kappa shape index (κ3) is 4.76. The zero-order chi connectivity index (χ0) is 18.5. The molecule has 0 spiro atoms. The van der Waals surface area contributed by atoms with Gasteiger partial charge in [-0.15, -0.1) is 0 Å². The molecule has 0 radical (unpaired) electrons. The van der Waals surface area contributed by atoms with Crippen LogP contribution in [0.5, 0.6) is 0 Å². The Bertz CT molecular complexity index is 715. The number of carbonyl (C=O) groups is 2. The Kier molecular flexibility index (Phi) is 6.88. The molecule has 0 aromatic heterocycles. The summed E-state index contributed by atoms with van der Waals surface area (Å²) in [5, 5.41) is 8.93. The fourth-order valence-corrected chi connectivity index (χ4v) is 3.39. The molecule has 0 fully saturated rings. The highest BCUT2D eigenvalue weighted by Gasteiger charge is 2.26. The van der Waals surface area contributed by atoms with Crippen molar-refractivity contribution in [2.75, 3.05) is 27.8 Å². The lowest BCUT2D eigenvalue weighted by Gasteiger charge is -2.20. The van der Waals surface area contributed by atoms with Crippen molar-refractivity contribution in [1.29, 1.82) is 0 Å². The molecule has 1 rings (SSSR count). The van der Waals surface area contributed by atoms with Gasteiger partial charge in [-0.2, -0.15) is 0 Å². The molecular weight excluding hydrogens is 338 g/mol. The van der Waals surface area contributed by atoms with E-state index in [1.165, 1.54) is 46.4 Å². The summed E-state index contributed by atoms with van der Waals surface area (Å²) in [6.45, 7) is 1.33. The van der Waals surface area contributed by atoms with Crippen LogP contribution in [0.1, 0.15) is 22.8 Å². The Labute approximate surface area is 141 Å². The standard InChI is InChI=1S/C15H21NO7S/c1-10(14(17)18)8-16(2)24(20,21)13-6-11(9-22-3)5-12(7-13)15(19)23-4/h5-7,10H,8-9H2,1-4H3,(H,17,18). The number of sulfonamides is 1. The first kappa shape index (κ1) is 20.1. The summed E-state index contributed by atoms with van der Waals surface area (Å²) in [7, 11) is -0.0400. The molecule has 0 aliphatic carbocycles. The van der Waals surface area contributed by atoms with Gasteiger partial charge in [-0.25, -0.2) is 17.5 Å². The highest BCUT2D eigenvalue weighted by Crippen LogP contribution is 2.21. The van der Waals surface area contributed by atoms with Crippen molar-refractivity contribution < 1.29 is 32.6 Å². The molecule has 0 saturated carbocycles. The maximum absolute atomic E-state index is 12.6. The van der Waals surface area contributed by atoms with Gasteiger partial charge in [0.05, 0.1) is 30.1 Å². The summed E-state index contributed by atoms with van der Waals surface area (Å²) in [6, 6.07) is 4.06. The first-order chi connectivity index (χ1) is 11.1. The van der Waals surface area contributed by atoms with Crippen molar-refractivity contribution in [1.82, 2.24) is 4.31 Å². The van der Waals surface area contributed by atoms with Crippen molar-refractivity contribution in [3.05, 3.63) is 29.3 Å². The summed E-state index contributed by atoms with van der Waals surface area (Å²) < 4.78 is 35.9. The van der Waals surface area contributed by atoms with E-state index in [1.54, 1.807) is 0 Å². The van der Waals surface area contributed by atoms with Crippen molar-refractivity contribution in [3.8, 4) is 0 Å². The molecule has 0 aliphatic heterocycles. The largest absolute Gasteiger partial charge is 0.481 e. The average molecular weight is 359 g/mol. The number of carboxylic acid groups (broad SMARTS) is 1. The van der Waals surface area contributed by atoms with Crippen LogP contribution >= 0.6 is 0 Å². The van der Waals surface area contributed by atoms with Crippen molar-refractivity contribution in [2.45, 2.75) is 18.4 Å². The van der Waals surface area contributed by atoms with Gasteiger partial charge >= 0.3 is 11.9 Å². The quantitative estimate of drug-likeness (QED) is 0.688. The van der Waals surface area contributed by atoms with E-state index in [1.807, 2.05) is 0 Å². The smallest absolute Gasteiger partial charge is 0.337 e. The van der Waals surface area contributed by atoms with Gasteiger partial charge in [0.1, 0.15) is 0 Å². The fraction of sp³-hybridized carbons (Fsp3) is 0.467. The summed E-state index contributed by atoms with van der Waals surface area (Å²) in [4.78, 5) is 22.5. The molecule has 1 aromatic carbocycles. The minimum absolute atomic E-state index is 0.0744. The van der Waals surface area contributed by atoms with Gasteiger partial charge in [-0.05, 0) is 23.8 Å². The van der Waals surface area contributed by atoms with Gasteiger partial charge in [0.15, 0.2) is 0 Å². The van der Waals surface area contributed by atoms with E-state index in [2.05, 4.69) is 4.74 Å². The predicted molar refractivity (Wildman–Crippen MR) is 85.1 cm³/mol. The van der Waals surface area contributed by atoms with E-state index in [0.717, 1.165) is 4.31 Å². The van der Waals surface area contributed by atoms with Crippen LogP contribution in [0.25, 0.3) is 0 Å². The molecule has 0 heterocycles. The third-order valence-corrected chi connectivity index (χ3v) is 5.16. The second-order valence-electron chi connectivity index (χ2n) is 5.32. The number of hydrogen-bond acceptors (Lipinski definition) is 6. The van der Waals surface area contributed by atoms with Crippen LogP contribution in [0.3, 0.4) is 0 Å². The van der Waals surface area contributed by atoms with Crippen LogP contribution in [-0.2, 0) is 30.9 Å². The van der Waals surface area contributed by atoms with Gasteiger partial charge in [-0.3, -0.25) is 4.79 Å². The molecule has 134 valence electrons. The molecule has 1 N–H and O–H groups in total. The molecule has 0 saturated heterocycles. The van der Waals surface area contributed by atoms with E-state index in [4.69, 9.17) is 9.84 Å². The number of esters is 1. The molecule has 0 amide bonds. The Morgan fingerprint density at radius 2 is 1.88 bits per heavy atom. The number of carboxylic acids is 1. The summed E-state index contributed by atoms with van der Waals surface area (Å²) >= 11 is 0. The molecule has 8 nitrogen and oxygen atoms in total. The molecule has 0 bridgehead atoms. The highest BCUT2D eigenvalue weighted by molar-refractivity contribution is 7.89. The van der Waals surface area contributed by atoms with E-state index >= 15 is 0 Å². The average Bonchev–Trinajstić information content (AvgIpc) is 2.53. The number of carbonyl (C=O) groups excluding carboxylic acids is 1. The minimum Gasteiger partial charge on any atom is -0.481 e. The van der Waals surface area contributed by atoms with Crippen LogP contribution in [0.15, 0.2) is 23.1 Å². The number of ether oxygens (including phenoxy) is 2. The van der Waals surface area contributed by atoms with Crippen LogP contribution in [0.4, 0.5) is 0 Å². The molecule has 1 aromatic rings. The van der Waals surface area contributed by atoms with Gasteiger partial charge < -0.3 is 14.6 Å². The molecule has 0 aliphatic rings. The Hall–Kier alpha value is -1.97. The number of nitrogens with zero attached hydrogens (tertiary/aromatic N) is 1. The molecule has 1 atom stereocenters. The van der Waals surface area contributed by atoms with E-state index < -0.39 is 27.9 Å². The molecule has 9 heteroatoms. The van der Waals surface area contributed by atoms with Crippen molar-refractivity contribution in [2.24, 2.45) is 5.92 Å². The van der Waals surface area contributed by atoms with E-state index in [-0.39, 0.29) is 23.6 Å².